The smallest absolute Gasteiger partial charge is 0.407 e. The van der Waals surface area contributed by atoms with Crippen molar-refractivity contribution >= 4 is 17.7 Å². The normalized spacial score (nSPS) is 19.1. The Morgan fingerprint density at radius 3 is 2.41 bits per heavy atom. The highest BCUT2D eigenvalue weighted by atomic mass is 19.1. The van der Waals surface area contributed by atoms with Gasteiger partial charge >= 0.3 is 6.09 Å². The van der Waals surface area contributed by atoms with Gasteiger partial charge in [0.15, 0.2) is 5.96 Å². The van der Waals surface area contributed by atoms with E-state index in [1.807, 2.05) is 20.8 Å². The summed E-state index contributed by atoms with van der Waals surface area (Å²) >= 11 is 0. The van der Waals surface area contributed by atoms with E-state index in [4.69, 9.17) is 10.5 Å². The Morgan fingerprint density at radius 1 is 1.24 bits per heavy atom. The molecule has 1 heterocycles. The summed E-state index contributed by atoms with van der Waals surface area (Å²) in [7, 11) is 0. The number of benzene rings is 1. The second-order valence-electron chi connectivity index (χ2n) is 8.74. The molecule has 1 atom stereocenters. The molecule has 7 nitrogen and oxygen atoms in total. The number of hydrogen-bond donors (Lipinski definition) is 2. The molecule has 1 saturated carbocycles. The Kier molecular flexibility index (Phi) is 6.49. The van der Waals surface area contributed by atoms with Gasteiger partial charge < -0.3 is 25.6 Å². The van der Waals surface area contributed by atoms with E-state index in [0.717, 1.165) is 44.7 Å². The first kappa shape index (κ1) is 21.2. The Morgan fingerprint density at radius 2 is 1.86 bits per heavy atom. The fourth-order valence-electron chi connectivity index (χ4n) is 3.41. The number of halogens is 1. The average molecular weight is 406 g/mol. The molecule has 1 unspecified atom stereocenters. The standard InChI is InChI=1S/C21H32FN5O2/c1-21(2,3)29-20(28)25-18(15-4-5-15)14-24-19(23)27-12-10-26(11-13-27)17-8-6-16(22)7-9-17/h6-9,15,18H,4-5,10-14H2,1-3H3,(H2,23,24)(H,25,28). The molecule has 1 saturated heterocycles. The topological polar surface area (TPSA) is 83.2 Å². The van der Waals surface area contributed by atoms with Crippen LogP contribution in [0.1, 0.15) is 33.6 Å². The monoisotopic (exact) mass is 405 g/mol. The van der Waals surface area contributed by atoms with Crippen molar-refractivity contribution in [3.63, 3.8) is 0 Å². The summed E-state index contributed by atoms with van der Waals surface area (Å²) in [6, 6.07) is 6.50. The molecule has 1 aliphatic heterocycles. The van der Waals surface area contributed by atoms with Gasteiger partial charge in [0.05, 0.1) is 12.6 Å². The van der Waals surface area contributed by atoms with Crippen LogP contribution in [0.15, 0.2) is 29.3 Å². The van der Waals surface area contributed by atoms with Gasteiger partial charge in [-0.3, -0.25) is 4.99 Å². The van der Waals surface area contributed by atoms with E-state index in [9.17, 15) is 9.18 Å². The van der Waals surface area contributed by atoms with Crippen molar-refractivity contribution in [1.29, 1.82) is 0 Å². The van der Waals surface area contributed by atoms with Crippen molar-refractivity contribution in [3.8, 4) is 0 Å². The van der Waals surface area contributed by atoms with Gasteiger partial charge in [-0.15, -0.1) is 0 Å². The maximum atomic E-state index is 13.1. The molecule has 29 heavy (non-hydrogen) atoms. The molecule has 2 aliphatic rings. The van der Waals surface area contributed by atoms with E-state index >= 15 is 0 Å². The lowest BCUT2D eigenvalue weighted by Crippen LogP contribution is -2.51. The highest BCUT2D eigenvalue weighted by Crippen LogP contribution is 2.33. The van der Waals surface area contributed by atoms with Crippen molar-refractivity contribution in [1.82, 2.24) is 10.2 Å². The third kappa shape index (κ3) is 6.51. The lowest BCUT2D eigenvalue weighted by atomic mass is 10.2. The van der Waals surface area contributed by atoms with Gasteiger partial charge in [-0.2, -0.15) is 0 Å². The molecule has 1 aliphatic carbocycles. The number of piperazine rings is 1. The fraction of sp³-hybridized carbons (Fsp3) is 0.619. The zero-order valence-electron chi connectivity index (χ0n) is 17.5. The lowest BCUT2D eigenvalue weighted by molar-refractivity contribution is 0.0500. The Labute approximate surface area is 172 Å². The molecule has 3 N–H and O–H groups in total. The number of anilines is 1. The molecule has 1 aromatic carbocycles. The van der Waals surface area contributed by atoms with E-state index in [2.05, 4.69) is 20.1 Å². The van der Waals surface area contributed by atoms with E-state index < -0.39 is 11.7 Å². The molecular formula is C21H32FN5O2. The van der Waals surface area contributed by atoms with E-state index in [0.29, 0.717) is 18.4 Å². The predicted octanol–water partition coefficient (Wildman–Crippen LogP) is 2.57. The number of hydrogen-bond acceptors (Lipinski definition) is 4. The fourth-order valence-corrected chi connectivity index (χ4v) is 3.41. The molecule has 0 bridgehead atoms. The number of nitrogens with one attached hydrogen (secondary N) is 1. The van der Waals surface area contributed by atoms with Gasteiger partial charge in [0.25, 0.3) is 0 Å². The highest BCUT2D eigenvalue weighted by molar-refractivity contribution is 5.78. The summed E-state index contributed by atoms with van der Waals surface area (Å²) in [4.78, 5) is 20.9. The van der Waals surface area contributed by atoms with Crippen LogP contribution in [0.4, 0.5) is 14.9 Å². The van der Waals surface area contributed by atoms with Crippen LogP contribution in [0, 0.1) is 11.7 Å². The first-order valence-electron chi connectivity index (χ1n) is 10.3. The highest BCUT2D eigenvalue weighted by Gasteiger charge is 2.33. The molecule has 160 valence electrons. The van der Waals surface area contributed by atoms with Crippen LogP contribution in [-0.2, 0) is 4.74 Å². The zero-order valence-corrected chi connectivity index (χ0v) is 17.5. The molecule has 1 amide bonds. The number of carbonyl (C=O) groups is 1. The maximum Gasteiger partial charge on any atom is 0.407 e. The first-order chi connectivity index (χ1) is 13.7. The third-order valence-corrected chi connectivity index (χ3v) is 5.14. The van der Waals surface area contributed by atoms with Gasteiger partial charge in [0, 0.05) is 31.9 Å². The van der Waals surface area contributed by atoms with E-state index in [1.165, 1.54) is 12.1 Å². The van der Waals surface area contributed by atoms with E-state index in [-0.39, 0.29) is 11.9 Å². The van der Waals surface area contributed by atoms with Crippen LogP contribution < -0.4 is 16.0 Å². The number of nitrogens with zero attached hydrogens (tertiary/aromatic N) is 3. The molecule has 0 radical (unpaired) electrons. The summed E-state index contributed by atoms with van der Waals surface area (Å²) in [5, 5.41) is 2.95. The number of ether oxygens (including phenoxy) is 1. The Balaban J connectivity index is 1.49. The third-order valence-electron chi connectivity index (χ3n) is 5.14. The van der Waals surface area contributed by atoms with Crippen LogP contribution in [0.2, 0.25) is 0 Å². The van der Waals surface area contributed by atoms with Crippen molar-refractivity contribution < 1.29 is 13.9 Å². The van der Waals surface area contributed by atoms with Crippen LogP contribution >= 0.6 is 0 Å². The van der Waals surface area contributed by atoms with Crippen molar-refractivity contribution in [2.45, 2.75) is 45.3 Å². The molecule has 0 spiro atoms. The number of amides is 1. The molecule has 2 fully saturated rings. The minimum Gasteiger partial charge on any atom is -0.444 e. The van der Waals surface area contributed by atoms with E-state index in [1.54, 1.807) is 12.1 Å². The van der Waals surface area contributed by atoms with Gasteiger partial charge in [0.1, 0.15) is 11.4 Å². The molecule has 0 aromatic heterocycles. The molecular weight excluding hydrogens is 373 g/mol. The number of alkyl carbamates (subject to hydrolysis) is 1. The minimum atomic E-state index is -0.523. The number of guanidine groups is 1. The van der Waals surface area contributed by atoms with Crippen LogP contribution in [0.5, 0.6) is 0 Å². The number of aliphatic imine (C=N–C) groups is 1. The average Bonchev–Trinajstić information content (AvgIpc) is 3.49. The summed E-state index contributed by atoms with van der Waals surface area (Å²) < 4.78 is 18.5. The second-order valence-corrected chi connectivity index (χ2v) is 8.74. The quantitative estimate of drug-likeness (QED) is 0.581. The number of rotatable bonds is 5. The minimum absolute atomic E-state index is 0.0519. The summed E-state index contributed by atoms with van der Waals surface area (Å²) in [5.74, 6) is 0.712. The number of carbonyl (C=O) groups excluding carboxylic acids is 1. The maximum absolute atomic E-state index is 13.1. The molecule has 3 rings (SSSR count). The van der Waals surface area contributed by atoms with Gasteiger partial charge in [-0.1, -0.05) is 0 Å². The van der Waals surface area contributed by atoms with Crippen LogP contribution in [0.25, 0.3) is 0 Å². The van der Waals surface area contributed by atoms with Gasteiger partial charge in [-0.25, -0.2) is 9.18 Å². The summed E-state index contributed by atoms with van der Waals surface area (Å²) in [5.41, 5.74) is 6.71. The Hall–Kier alpha value is -2.51. The van der Waals surface area contributed by atoms with Crippen LogP contribution in [-0.4, -0.2) is 61.3 Å². The molecule has 1 aromatic rings. The predicted molar refractivity (Wildman–Crippen MR) is 113 cm³/mol. The number of nitrogens with two attached hydrogens (primary N) is 1. The van der Waals surface area contributed by atoms with Gasteiger partial charge in [0.2, 0.25) is 0 Å². The Bertz CT molecular complexity index is 720. The SMILES string of the molecule is CC(C)(C)OC(=O)NC(CN=C(N)N1CCN(c2ccc(F)cc2)CC1)C1CC1. The molecule has 8 heteroatoms. The van der Waals surface area contributed by atoms with Crippen molar-refractivity contribution in [3.05, 3.63) is 30.1 Å². The zero-order chi connectivity index (χ0) is 21.0. The van der Waals surface area contributed by atoms with Crippen molar-refractivity contribution in [2.75, 3.05) is 37.6 Å². The first-order valence-corrected chi connectivity index (χ1v) is 10.3. The van der Waals surface area contributed by atoms with Crippen molar-refractivity contribution in [2.24, 2.45) is 16.6 Å². The lowest BCUT2D eigenvalue weighted by Gasteiger charge is -2.36. The second kappa shape index (κ2) is 8.88. The van der Waals surface area contributed by atoms with Crippen LogP contribution in [0.3, 0.4) is 0 Å². The summed E-state index contributed by atoms with van der Waals surface area (Å²) in [6.45, 7) is 9.09. The summed E-state index contributed by atoms with van der Waals surface area (Å²) in [6.07, 6.45) is 1.77. The van der Waals surface area contributed by atoms with Gasteiger partial charge in [-0.05, 0) is 63.8 Å². The largest absolute Gasteiger partial charge is 0.444 e.